The van der Waals surface area contributed by atoms with E-state index in [0.717, 1.165) is 44.2 Å². The fraction of sp³-hybridized carbons (Fsp3) is 0.821. The number of ether oxygens (including phenoxy) is 1. The van der Waals surface area contributed by atoms with Crippen molar-refractivity contribution >= 4 is 25.8 Å². The lowest BCUT2D eigenvalue weighted by molar-refractivity contribution is -0.189. The number of oxime groups is 1. The number of hydrogen-bond donors (Lipinski definition) is 0. The molecule has 0 saturated heterocycles. The highest BCUT2D eigenvalue weighted by atomic mass is 28.4. The third kappa shape index (κ3) is 4.05. The monoisotopic (exact) mass is 503 g/mol. The van der Waals surface area contributed by atoms with Crippen LogP contribution in [0.2, 0.25) is 19.6 Å². The molecule has 0 N–H and O–H groups in total. The maximum atomic E-state index is 13.1. The fourth-order valence-corrected chi connectivity index (χ4v) is 10.6. The average Bonchev–Trinajstić information content (AvgIpc) is 3.01. The standard InChI is InChI=1S/C28H45NO5Si/c1-18(30)28(33-19(2)31)15-12-23-21-17-27(5,34-35(7,8)9)24-16-20(29-32-6)10-13-25(24,3)22(21)11-14-26(23,28)4/h16,21-23H,10-15,17H2,1-9H3/b29-20+/t21-,22+,23+,25-,26+,27-,28-/m1/s1. The minimum Gasteiger partial charge on any atom is -0.451 e. The van der Waals surface area contributed by atoms with Crippen molar-refractivity contribution in [3.05, 3.63) is 11.6 Å². The van der Waals surface area contributed by atoms with E-state index in [1.807, 2.05) is 0 Å². The van der Waals surface area contributed by atoms with Crippen LogP contribution in [0, 0.1) is 28.6 Å². The maximum Gasteiger partial charge on any atom is 0.303 e. The van der Waals surface area contributed by atoms with Gasteiger partial charge in [0.25, 0.3) is 0 Å². The van der Waals surface area contributed by atoms with Gasteiger partial charge in [0.15, 0.2) is 19.7 Å². The highest BCUT2D eigenvalue weighted by Crippen LogP contribution is 2.70. The molecule has 4 rings (SSSR count). The van der Waals surface area contributed by atoms with Crippen molar-refractivity contribution in [2.45, 2.75) is 110 Å². The van der Waals surface area contributed by atoms with Crippen molar-refractivity contribution in [1.29, 1.82) is 0 Å². The van der Waals surface area contributed by atoms with E-state index < -0.39 is 19.5 Å². The molecule has 3 saturated carbocycles. The molecular weight excluding hydrogens is 458 g/mol. The summed E-state index contributed by atoms with van der Waals surface area (Å²) in [4.78, 5) is 30.4. The van der Waals surface area contributed by atoms with Gasteiger partial charge in [0, 0.05) is 12.3 Å². The first-order chi connectivity index (χ1) is 16.1. The van der Waals surface area contributed by atoms with Gasteiger partial charge in [0.05, 0.1) is 11.3 Å². The van der Waals surface area contributed by atoms with E-state index in [1.165, 1.54) is 12.5 Å². The molecular formula is C28H45NO5Si. The Hall–Kier alpha value is -1.47. The highest BCUT2D eigenvalue weighted by molar-refractivity contribution is 6.69. The molecule has 0 aliphatic heterocycles. The van der Waals surface area contributed by atoms with E-state index in [0.29, 0.717) is 24.2 Å². The molecule has 7 heteroatoms. The summed E-state index contributed by atoms with van der Waals surface area (Å²) in [5.74, 6) is 0.887. The molecule has 0 heterocycles. The lowest BCUT2D eigenvalue weighted by atomic mass is 9.44. The van der Waals surface area contributed by atoms with E-state index in [2.05, 4.69) is 51.6 Å². The van der Waals surface area contributed by atoms with Gasteiger partial charge in [-0.15, -0.1) is 0 Å². The van der Waals surface area contributed by atoms with Gasteiger partial charge < -0.3 is 14.0 Å². The zero-order valence-electron chi connectivity index (χ0n) is 23.2. The molecule has 0 aromatic heterocycles. The normalized spacial score (nSPS) is 44.1. The Balaban J connectivity index is 1.82. The Bertz CT molecular complexity index is 969. The molecule has 196 valence electrons. The lowest BCUT2D eigenvalue weighted by Gasteiger charge is -2.63. The Labute approximate surface area is 212 Å². The van der Waals surface area contributed by atoms with Gasteiger partial charge >= 0.3 is 5.97 Å². The van der Waals surface area contributed by atoms with E-state index in [9.17, 15) is 9.59 Å². The van der Waals surface area contributed by atoms with E-state index in [4.69, 9.17) is 14.0 Å². The van der Waals surface area contributed by atoms with Crippen LogP contribution in [0.5, 0.6) is 0 Å². The average molecular weight is 504 g/mol. The number of carbonyl (C=O) groups is 2. The van der Waals surface area contributed by atoms with Crippen LogP contribution in [0.25, 0.3) is 0 Å². The number of hydrogen-bond acceptors (Lipinski definition) is 6. The lowest BCUT2D eigenvalue weighted by Crippen LogP contribution is -2.62. The second kappa shape index (κ2) is 8.54. The number of rotatable bonds is 5. The van der Waals surface area contributed by atoms with Crippen LogP contribution < -0.4 is 0 Å². The number of Topliss-reactive ketones (excluding diaryl/α,β-unsaturated/α-hetero) is 1. The third-order valence-corrected chi connectivity index (χ3v) is 11.1. The predicted molar refractivity (Wildman–Crippen MR) is 140 cm³/mol. The van der Waals surface area contributed by atoms with Crippen LogP contribution in [0.4, 0.5) is 0 Å². The van der Waals surface area contributed by atoms with E-state index >= 15 is 0 Å². The predicted octanol–water partition coefficient (Wildman–Crippen LogP) is 6.06. The van der Waals surface area contributed by atoms with Gasteiger partial charge in [-0.05, 0) is 113 Å². The molecule has 4 aliphatic carbocycles. The molecule has 0 radical (unpaired) electrons. The zero-order chi connectivity index (χ0) is 26.0. The van der Waals surface area contributed by atoms with Crippen LogP contribution >= 0.6 is 0 Å². The molecule has 3 fully saturated rings. The fourth-order valence-electron chi connectivity index (χ4n) is 9.01. The molecule has 0 spiro atoms. The van der Waals surface area contributed by atoms with Crippen LogP contribution in [0.15, 0.2) is 16.8 Å². The summed E-state index contributed by atoms with van der Waals surface area (Å²) in [5.41, 5.74) is 0.628. The molecule has 6 nitrogen and oxygen atoms in total. The van der Waals surface area contributed by atoms with Gasteiger partial charge in [-0.1, -0.05) is 19.0 Å². The Morgan fingerprint density at radius 2 is 1.69 bits per heavy atom. The first kappa shape index (κ1) is 26.6. The molecule has 0 amide bonds. The van der Waals surface area contributed by atoms with Crippen molar-refractivity contribution in [2.75, 3.05) is 7.11 Å². The van der Waals surface area contributed by atoms with Gasteiger partial charge in [-0.25, -0.2) is 0 Å². The Morgan fingerprint density at radius 1 is 1.03 bits per heavy atom. The van der Waals surface area contributed by atoms with Crippen LogP contribution in [-0.4, -0.2) is 44.1 Å². The number of nitrogens with zero attached hydrogens (tertiary/aromatic N) is 1. The van der Waals surface area contributed by atoms with Crippen LogP contribution in [-0.2, 0) is 23.6 Å². The van der Waals surface area contributed by atoms with Crippen molar-refractivity contribution in [3.63, 3.8) is 0 Å². The topological polar surface area (TPSA) is 74.2 Å². The maximum absolute atomic E-state index is 13.1. The zero-order valence-corrected chi connectivity index (χ0v) is 24.2. The molecule has 0 bridgehead atoms. The second-order valence-corrected chi connectivity index (χ2v) is 17.7. The van der Waals surface area contributed by atoms with Gasteiger partial charge in [-0.2, -0.15) is 0 Å². The summed E-state index contributed by atoms with van der Waals surface area (Å²) in [5, 5.41) is 4.31. The van der Waals surface area contributed by atoms with Gasteiger partial charge in [-0.3, -0.25) is 9.59 Å². The van der Waals surface area contributed by atoms with Gasteiger partial charge in [0.1, 0.15) is 7.11 Å². The first-order valence-corrected chi connectivity index (χ1v) is 16.8. The first-order valence-electron chi connectivity index (χ1n) is 13.4. The Kier molecular flexibility index (Phi) is 6.49. The van der Waals surface area contributed by atoms with E-state index in [1.54, 1.807) is 14.0 Å². The quantitative estimate of drug-likeness (QED) is 0.259. The summed E-state index contributed by atoms with van der Waals surface area (Å²) >= 11 is 0. The summed E-state index contributed by atoms with van der Waals surface area (Å²) in [6.07, 6.45) is 8.59. The summed E-state index contributed by atoms with van der Waals surface area (Å²) < 4.78 is 13.0. The molecule has 0 aromatic rings. The molecule has 7 atom stereocenters. The highest BCUT2D eigenvalue weighted by Gasteiger charge is 2.69. The number of fused-ring (bicyclic) bond motifs is 5. The molecule has 0 aromatic carbocycles. The number of ketones is 1. The minimum absolute atomic E-state index is 0.00190. The minimum atomic E-state index is -1.88. The number of carbonyl (C=O) groups excluding carboxylic acids is 2. The number of esters is 1. The van der Waals surface area contributed by atoms with Crippen molar-refractivity contribution in [3.8, 4) is 0 Å². The van der Waals surface area contributed by atoms with Gasteiger partial charge in [0.2, 0.25) is 0 Å². The summed E-state index contributed by atoms with van der Waals surface area (Å²) in [6, 6.07) is 0. The second-order valence-electron chi connectivity index (χ2n) is 13.2. The van der Waals surface area contributed by atoms with Crippen LogP contribution in [0.1, 0.15) is 79.6 Å². The summed E-state index contributed by atoms with van der Waals surface area (Å²) in [6.45, 7) is 16.8. The smallest absolute Gasteiger partial charge is 0.303 e. The molecule has 4 aliphatic rings. The Morgan fingerprint density at radius 3 is 2.26 bits per heavy atom. The van der Waals surface area contributed by atoms with Crippen LogP contribution in [0.3, 0.4) is 0 Å². The molecule has 0 unspecified atom stereocenters. The number of allylic oxidation sites excluding steroid dienone is 1. The SMILES string of the molecule is CO/N=C1/C=C2[C@](C)(O[Si](C)(C)C)C[C@@H]3[C@H](CC[C@@]4(C)[C@H]3CC[C@@]4(OC(C)=O)C(C)=O)[C@@]2(C)CC1. The van der Waals surface area contributed by atoms with Crippen molar-refractivity contribution in [1.82, 2.24) is 0 Å². The molecule has 35 heavy (non-hydrogen) atoms. The summed E-state index contributed by atoms with van der Waals surface area (Å²) in [7, 11) is -0.267. The van der Waals surface area contributed by atoms with Crippen molar-refractivity contribution < 1.29 is 23.6 Å². The third-order valence-electron chi connectivity index (χ3n) is 10.0. The van der Waals surface area contributed by atoms with Crippen molar-refractivity contribution in [2.24, 2.45) is 33.7 Å². The largest absolute Gasteiger partial charge is 0.451 e. The van der Waals surface area contributed by atoms with E-state index in [-0.39, 0.29) is 22.6 Å².